The van der Waals surface area contributed by atoms with Crippen molar-refractivity contribution in [3.63, 3.8) is 0 Å². The number of hydrogen-bond donors (Lipinski definition) is 6. The van der Waals surface area contributed by atoms with Gasteiger partial charge in [-0.2, -0.15) is 32.1 Å². The number of thiophene rings is 1. The van der Waals surface area contributed by atoms with Crippen LogP contribution in [0.15, 0.2) is 66.7 Å². The van der Waals surface area contributed by atoms with Gasteiger partial charge in [-0.1, -0.05) is 41.6 Å². The summed E-state index contributed by atoms with van der Waals surface area (Å²) in [5.74, 6) is -1.65. The third kappa shape index (κ3) is 16.1. The molecule has 0 spiro atoms. The average molecular weight is 1270 g/mol. The van der Waals surface area contributed by atoms with E-state index >= 15 is 0 Å². The van der Waals surface area contributed by atoms with Gasteiger partial charge in [0.05, 0.1) is 12.3 Å². The van der Waals surface area contributed by atoms with Crippen molar-refractivity contribution in [1.29, 1.82) is 0 Å². The van der Waals surface area contributed by atoms with Gasteiger partial charge >= 0.3 is 37.1 Å². The Balaban J connectivity index is 0.00000185. The topological polar surface area (TPSA) is 250 Å². The van der Waals surface area contributed by atoms with Crippen LogP contribution in [-0.4, -0.2) is 109 Å². The van der Waals surface area contributed by atoms with Crippen molar-refractivity contribution in [2.45, 2.75) is 96.5 Å². The quantitative estimate of drug-likeness (QED) is 0.0296. The second-order valence-electron chi connectivity index (χ2n) is 17.8. The second-order valence-corrected chi connectivity index (χ2v) is 21.2. The summed E-state index contributed by atoms with van der Waals surface area (Å²) in [6, 6.07) is 18.5. The molecule has 4 heterocycles. The van der Waals surface area contributed by atoms with Crippen LogP contribution in [-0.2, 0) is 51.1 Å². The van der Waals surface area contributed by atoms with Crippen LogP contribution in [0.4, 0.5) is 17.1 Å². The van der Waals surface area contributed by atoms with E-state index in [4.69, 9.17) is 21.4 Å². The Morgan fingerprint density at radius 3 is 2.36 bits per heavy atom. The molecular formula is C50H58ClN7O11S2U. The number of carboxylic acids is 1. The van der Waals surface area contributed by atoms with E-state index in [9.17, 15) is 42.0 Å². The summed E-state index contributed by atoms with van der Waals surface area (Å²) in [5.41, 5.74) is 4.23. The van der Waals surface area contributed by atoms with Crippen LogP contribution >= 0.6 is 22.9 Å². The molecule has 0 aliphatic carbocycles. The predicted molar refractivity (Wildman–Crippen MR) is 271 cm³/mol. The summed E-state index contributed by atoms with van der Waals surface area (Å²) in [6.45, 7) is 6.77. The summed E-state index contributed by atoms with van der Waals surface area (Å²) in [5, 5.41) is 23.7. The van der Waals surface area contributed by atoms with E-state index in [0.717, 1.165) is 17.0 Å². The smallest absolute Gasteiger partial charge is 0.566 e. The van der Waals surface area contributed by atoms with Crippen LogP contribution < -0.4 is 31.3 Å². The maximum absolute atomic E-state index is 13.5. The number of sulfonamides is 1. The SMILES string of the molecule is C[C-](C)C.O=[C-]c1sc(-c2cccc(NC3CCN(S(=O)(=O)Cc4cccc(NC(=O)CCCCCNC(=O)CNc5cccc6c5CN(C5CCC(=O)NC5=O)C6=O)c4)CC3)c2)c(Cl)c1OCC(=O)O.[U+2]. The van der Waals surface area contributed by atoms with Crippen LogP contribution in [0.3, 0.4) is 0 Å². The van der Waals surface area contributed by atoms with E-state index in [-0.39, 0.29) is 115 Å². The Morgan fingerprint density at radius 2 is 1.65 bits per heavy atom. The summed E-state index contributed by atoms with van der Waals surface area (Å²) < 4.78 is 33.7. The molecule has 1 atom stereocenters. The van der Waals surface area contributed by atoms with Gasteiger partial charge in [0.25, 0.3) is 5.91 Å². The van der Waals surface area contributed by atoms with Gasteiger partial charge in [-0.05, 0) is 79.6 Å². The fourth-order valence-electron chi connectivity index (χ4n) is 8.24. The second kappa shape index (κ2) is 27.1. The minimum Gasteiger partial charge on any atom is -0.566 e. The Hall–Kier alpha value is -5.30. The van der Waals surface area contributed by atoms with Gasteiger partial charge in [-0.15, -0.1) is 11.6 Å². The number of anilines is 3. The number of nitrogens with one attached hydrogen (secondary N) is 5. The predicted octanol–water partition coefficient (Wildman–Crippen LogP) is 6.50. The van der Waals surface area contributed by atoms with E-state index < -0.39 is 34.5 Å². The van der Waals surface area contributed by atoms with Gasteiger partial charge in [0.15, 0.2) is 6.61 Å². The van der Waals surface area contributed by atoms with Gasteiger partial charge in [-0.3, -0.25) is 29.3 Å². The number of amides is 5. The molecule has 0 bridgehead atoms. The van der Waals surface area contributed by atoms with Gasteiger partial charge in [0.1, 0.15) is 6.04 Å². The number of imide groups is 1. The van der Waals surface area contributed by atoms with E-state index in [1.807, 2.05) is 18.2 Å². The van der Waals surface area contributed by atoms with Crippen molar-refractivity contribution in [2.75, 3.05) is 48.7 Å². The monoisotopic (exact) mass is 1270 g/mol. The van der Waals surface area contributed by atoms with E-state index in [0.29, 0.717) is 90.2 Å². The minimum atomic E-state index is -3.67. The molecule has 3 aliphatic rings. The van der Waals surface area contributed by atoms with E-state index in [1.165, 1.54) is 15.1 Å². The first-order valence-corrected chi connectivity index (χ1v) is 26.0. The third-order valence-corrected chi connectivity index (χ3v) is 15.0. The zero-order valence-corrected chi connectivity index (χ0v) is 46.8. The molecule has 0 saturated carbocycles. The summed E-state index contributed by atoms with van der Waals surface area (Å²) in [7, 11) is -3.67. The van der Waals surface area contributed by atoms with Crippen molar-refractivity contribution in [3.05, 3.63) is 99.2 Å². The van der Waals surface area contributed by atoms with Crippen molar-refractivity contribution >= 4 is 91.8 Å². The first-order chi connectivity index (χ1) is 33.9. The number of unbranched alkanes of at least 4 members (excludes halogenated alkanes) is 2. The summed E-state index contributed by atoms with van der Waals surface area (Å²) in [6.07, 6.45) is 5.43. The fraction of sp³-hybridized carbons (Fsp3) is 0.400. The number of ether oxygens (including phenoxy) is 1. The number of hydrogen-bond acceptors (Lipinski definition) is 13. The van der Waals surface area contributed by atoms with Crippen LogP contribution in [0, 0.1) is 37.0 Å². The zero-order chi connectivity index (χ0) is 51.2. The molecule has 5 amide bonds. The van der Waals surface area contributed by atoms with Crippen molar-refractivity contribution in [3.8, 4) is 16.2 Å². The van der Waals surface area contributed by atoms with Crippen molar-refractivity contribution in [2.24, 2.45) is 0 Å². The summed E-state index contributed by atoms with van der Waals surface area (Å²) in [4.78, 5) is 87.0. The van der Waals surface area contributed by atoms with Gasteiger partial charge in [0.2, 0.25) is 33.7 Å². The number of halogens is 1. The van der Waals surface area contributed by atoms with Crippen LogP contribution in [0.5, 0.6) is 5.75 Å². The zero-order valence-electron chi connectivity index (χ0n) is 40.2. The molecule has 6 N–H and O–H groups in total. The maximum Gasteiger partial charge on any atom is 2.00 e. The number of fused-ring (bicyclic) bond motifs is 1. The van der Waals surface area contributed by atoms with Crippen LogP contribution in [0.1, 0.15) is 98.5 Å². The molecular weight excluding hydrogens is 1210 g/mol. The first kappa shape index (κ1) is 57.6. The van der Waals surface area contributed by atoms with Crippen LogP contribution in [0.2, 0.25) is 5.02 Å². The van der Waals surface area contributed by atoms with Crippen molar-refractivity contribution < 1.29 is 82.9 Å². The number of rotatable bonds is 21. The Bertz CT molecular complexity index is 2730. The molecule has 7 rings (SSSR count). The molecule has 3 aromatic carbocycles. The average Bonchev–Trinajstić information content (AvgIpc) is 3.83. The molecule has 18 nitrogen and oxygen atoms in total. The Labute approximate surface area is 452 Å². The molecule has 72 heavy (non-hydrogen) atoms. The van der Waals surface area contributed by atoms with E-state index in [1.54, 1.807) is 54.8 Å². The third-order valence-electron chi connectivity index (χ3n) is 11.6. The number of benzene rings is 3. The number of aliphatic carboxylic acids is 1. The van der Waals surface area contributed by atoms with E-state index in [2.05, 4.69) is 47.4 Å². The number of nitrogens with zero attached hydrogens (tertiary/aromatic N) is 2. The molecule has 4 aromatic rings. The number of carbonyl (C=O) groups excluding carboxylic acids is 6. The molecule has 0 radical (unpaired) electrons. The minimum absolute atomic E-state index is 0. The molecule has 2 fully saturated rings. The molecule has 3 aliphatic heterocycles. The maximum atomic E-state index is 13.5. The standard InChI is InChI=1S/C46H49ClN7O11S2.C4H9.U/c47-42-43(65-26-41(59)60)37(25-55)66-44(42)29-8-5-10-32(22-29)50-30-16-19-53(20-17-30)67(63,64)27-28-7-4-9-31(21-28)51-38(56)13-2-1-3-18-48-40(58)23-49-35-12-6-11-33-34(35)24-54(46(33)62)36-14-15-39(57)52-45(36)61;1-4(2)3;/h4-12,21-22,30,36,49-50H,1-3,13-20,23-24,26-27H2,(H,48,58)(H,51,56)(H,59,60)(H,52,57,61);1-3H3;/q2*-1;+2. The Kier molecular flexibility index (Phi) is 21.7. The summed E-state index contributed by atoms with van der Waals surface area (Å²) >= 11 is 7.53. The van der Waals surface area contributed by atoms with Crippen LogP contribution in [0.25, 0.3) is 10.4 Å². The number of carbonyl (C=O) groups is 6. The normalized spacial score (nSPS) is 15.9. The first-order valence-electron chi connectivity index (χ1n) is 23.2. The molecule has 382 valence electrons. The molecule has 22 heteroatoms. The Morgan fingerprint density at radius 1 is 0.944 bits per heavy atom. The van der Waals surface area contributed by atoms with Gasteiger partial charge in [-0.25, -0.2) is 17.5 Å². The van der Waals surface area contributed by atoms with Gasteiger partial charge in [0, 0.05) is 95.2 Å². The number of piperidine rings is 2. The molecule has 1 aromatic heterocycles. The fourth-order valence-corrected chi connectivity index (χ4v) is 11.2. The number of carboxylic acid groups (broad SMARTS) is 1. The molecule has 1 unspecified atom stereocenters. The molecule has 2 saturated heterocycles. The largest absolute Gasteiger partial charge is 2.00 e. The van der Waals surface area contributed by atoms with Gasteiger partial charge < -0.3 is 46.7 Å². The van der Waals surface area contributed by atoms with Crippen molar-refractivity contribution in [1.82, 2.24) is 19.8 Å².